The van der Waals surface area contributed by atoms with Crippen molar-refractivity contribution in [3.8, 4) is 11.5 Å². The van der Waals surface area contributed by atoms with E-state index >= 15 is 0 Å². The van der Waals surface area contributed by atoms with Crippen molar-refractivity contribution < 1.29 is 23.8 Å². The highest BCUT2D eigenvalue weighted by Crippen LogP contribution is 2.22. The number of carbonyl (C=O) groups excluding carboxylic acids is 2. The van der Waals surface area contributed by atoms with Crippen LogP contribution in [-0.4, -0.2) is 49.7 Å². The molecule has 27 heavy (non-hydrogen) atoms. The number of hydrogen-bond acceptors (Lipinski definition) is 5. The number of rotatable bonds is 6. The summed E-state index contributed by atoms with van der Waals surface area (Å²) in [6.07, 6.45) is 2.92. The quantitative estimate of drug-likeness (QED) is 0.580. The van der Waals surface area contributed by atoms with Gasteiger partial charge in [0.15, 0.2) is 6.61 Å². The lowest BCUT2D eigenvalue weighted by atomic mass is 10.2. The molecular formula is C21H21NO5. The molecule has 3 rings (SSSR count). The Hall–Kier alpha value is -3.12. The second kappa shape index (κ2) is 9.54. The maximum atomic E-state index is 11.9. The van der Waals surface area contributed by atoms with Gasteiger partial charge in [0, 0.05) is 19.2 Å². The van der Waals surface area contributed by atoms with Crippen molar-refractivity contribution in [1.29, 1.82) is 0 Å². The zero-order valence-electron chi connectivity index (χ0n) is 14.9. The fourth-order valence-electron chi connectivity index (χ4n) is 2.56. The third-order valence-corrected chi connectivity index (χ3v) is 3.95. The van der Waals surface area contributed by atoms with Crippen LogP contribution in [0.1, 0.15) is 5.56 Å². The van der Waals surface area contributed by atoms with Crippen LogP contribution in [0.5, 0.6) is 11.5 Å². The Balaban J connectivity index is 1.50. The molecule has 0 saturated carbocycles. The van der Waals surface area contributed by atoms with E-state index in [1.807, 2.05) is 54.6 Å². The number of hydrogen-bond donors (Lipinski definition) is 0. The molecule has 0 bridgehead atoms. The first-order chi connectivity index (χ1) is 13.2. The Morgan fingerprint density at radius 2 is 1.74 bits per heavy atom. The standard InChI is InChI=1S/C21H21NO5/c23-20(22-11-13-25-14-12-22)16-26-21(24)10-9-17-5-4-8-19(15-17)27-18-6-2-1-3-7-18/h1-10,15H,11-14,16H2/b10-9+. The van der Waals surface area contributed by atoms with Crippen LogP contribution in [0, 0.1) is 0 Å². The van der Waals surface area contributed by atoms with Gasteiger partial charge >= 0.3 is 5.97 Å². The molecule has 0 atom stereocenters. The molecule has 0 radical (unpaired) electrons. The Labute approximate surface area is 158 Å². The van der Waals surface area contributed by atoms with Crippen molar-refractivity contribution in [2.24, 2.45) is 0 Å². The van der Waals surface area contributed by atoms with E-state index in [1.54, 1.807) is 11.0 Å². The first-order valence-electron chi connectivity index (χ1n) is 8.74. The van der Waals surface area contributed by atoms with Crippen LogP contribution in [0.4, 0.5) is 0 Å². The minimum Gasteiger partial charge on any atom is -0.457 e. The van der Waals surface area contributed by atoms with E-state index in [0.717, 1.165) is 11.3 Å². The minimum atomic E-state index is -0.564. The summed E-state index contributed by atoms with van der Waals surface area (Å²) in [5.41, 5.74) is 0.792. The number of esters is 1. The Morgan fingerprint density at radius 1 is 1.00 bits per heavy atom. The monoisotopic (exact) mass is 367 g/mol. The van der Waals surface area contributed by atoms with Gasteiger partial charge in [-0.25, -0.2) is 4.79 Å². The summed E-state index contributed by atoms with van der Waals surface area (Å²) in [7, 11) is 0. The normalized spacial score (nSPS) is 14.1. The lowest BCUT2D eigenvalue weighted by Crippen LogP contribution is -2.42. The van der Waals surface area contributed by atoms with Gasteiger partial charge in [0.1, 0.15) is 11.5 Å². The summed E-state index contributed by atoms with van der Waals surface area (Å²) in [5, 5.41) is 0. The smallest absolute Gasteiger partial charge is 0.331 e. The van der Waals surface area contributed by atoms with Gasteiger partial charge in [0.25, 0.3) is 5.91 Å². The number of ether oxygens (including phenoxy) is 3. The first kappa shape index (κ1) is 18.7. The predicted octanol–water partition coefficient (Wildman–Crippen LogP) is 2.89. The van der Waals surface area contributed by atoms with E-state index in [2.05, 4.69) is 0 Å². The third-order valence-electron chi connectivity index (χ3n) is 3.95. The third kappa shape index (κ3) is 5.97. The van der Waals surface area contributed by atoms with Gasteiger partial charge in [0.2, 0.25) is 0 Å². The summed E-state index contributed by atoms with van der Waals surface area (Å²) < 4.78 is 16.0. The molecule has 0 aromatic heterocycles. The van der Waals surface area contributed by atoms with Crippen LogP contribution in [0.15, 0.2) is 60.7 Å². The average Bonchev–Trinajstić information content (AvgIpc) is 2.72. The molecule has 0 spiro atoms. The fraction of sp³-hybridized carbons (Fsp3) is 0.238. The number of benzene rings is 2. The zero-order valence-corrected chi connectivity index (χ0v) is 14.9. The van der Waals surface area contributed by atoms with E-state index in [1.165, 1.54) is 6.08 Å². The van der Waals surface area contributed by atoms with Gasteiger partial charge in [-0.15, -0.1) is 0 Å². The number of para-hydroxylation sites is 1. The molecule has 1 heterocycles. The highest BCUT2D eigenvalue weighted by molar-refractivity contribution is 5.89. The number of amides is 1. The number of carbonyl (C=O) groups is 2. The van der Waals surface area contributed by atoms with Crippen LogP contribution in [0.2, 0.25) is 0 Å². The molecule has 6 nitrogen and oxygen atoms in total. The van der Waals surface area contributed by atoms with Crippen LogP contribution in [0.3, 0.4) is 0 Å². The summed E-state index contributed by atoms with van der Waals surface area (Å²) in [6.45, 7) is 1.82. The Bertz CT molecular complexity index is 797. The Kier molecular flexibility index (Phi) is 6.60. The van der Waals surface area contributed by atoms with Gasteiger partial charge in [-0.2, -0.15) is 0 Å². The molecule has 1 saturated heterocycles. The summed E-state index contributed by atoms with van der Waals surface area (Å²) in [6, 6.07) is 16.8. The summed E-state index contributed by atoms with van der Waals surface area (Å²) >= 11 is 0. The van der Waals surface area contributed by atoms with Crippen molar-refractivity contribution in [3.05, 3.63) is 66.2 Å². The summed E-state index contributed by atoms with van der Waals surface area (Å²) in [5.74, 6) is 0.628. The van der Waals surface area contributed by atoms with Crippen LogP contribution in [0.25, 0.3) is 6.08 Å². The van der Waals surface area contributed by atoms with E-state index < -0.39 is 5.97 Å². The molecule has 6 heteroatoms. The topological polar surface area (TPSA) is 65.1 Å². The molecule has 1 aliphatic heterocycles. The van der Waals surface area contributed by atoms with Crippen molar-refractivity contribution in [2.45, 2.75) is 0 Å². The largest absolute Gasteiger partial charge is 0.457 e. The highest BCUT2D eigenvalue weighted by Gasteiger charge is 2.17. The highest BCUT2D eigenvalue weighted by atomic mass is 16.5. The molecule has 1 aliphatic rings. The molecule has 1 fully saturated rings. The van der Waals surface area contributed by atoms with Crippen molar-refractivity contribution >= 4 is 18.0 Å². The van der Waals surface area contributed by atoms with Crippen molar-refractivity contribution in [2.75, 3.05) is 32.9 Å². The van der Waals surface area contributed by atoms with Crippen LogP contribution >= 0.6 is 0 Å². The van der Waals surface area contributed by atoms with E-state index in [4.69, 9.17) is 14.2 Å². The number of nitrogens with zero attached hydrogens (tertiary/aromatic N) is 1. The molecule has 0 unspecified atom stereocenters. The minimum absolute atomic E-state index is 0.210. The fourth-order valence-corrected chi connectivity index (χ4v) is 2.56. The van der Waals surface area contributed by atoms with Gasteiger partial charge in [-0.1, -0.05) is 30.3 Å². The van der Waals surface area contributed by atoms with Gasteiger partial charge in [-0.3, -0.25) is 4.79 Å². The predicted molar refractivity (Wildman–Crippen MR) is 100 cm³/mol. The lowest BCUT2D eigenvalue weighted by molar-refractivity contribution is -0.150. The zero-order chi connectivity index (χ0) is 18.9. The summed E-state index contributed by atoms with van der Waals surface area (Å²) in [4.78, 5) is 25.4. The maximum absolute atomic E-state index is 11.9. The lowest BCUT2D eigenvalue weighted by Gasteiger charge is -2.26. The second-order valence-corrected chi connectivity index (χ2v) is 5.92. The van der Waals surface area contributed by atoms with E-state index in [9.17, 15) is 9.59 Å². The molecule has 140 valence electrons. The van der Waals surface area contributed by atoms with Gasteiger partial charge in [-0.05, 0) is 35.9 Å². The SMILES string of the molecule is O=C(/C=C/c1cccc(Oc2ccccc2)c1)OCC(=O)N1CCOCC1. The average molecular weight is 367 g/mol. The molecule has 0 aliphatic carbocycles. The van der Waals surface area contributed by atoms with E-state index in [0.29, 0.717) is 32.1 Å². The van der Waals surface area contributed by atoms with Gasteiger partial charge < -0.3 is 19.1 Å². The first-order valence-corrected chi connectivity index (χ1v) is 8.74. The molecule has 2 aromatic carbocycles. The van der Waals surface area contributed by atoms with Crippen LogP contribution in [-0.2, 0) is 19.1 Å². The molecular weight excluding hydrogens is 346 g/mol. The number of morpholine rings is 1. The molecule has 1 amide bonds. The van der Waals surface area contributed by atoms with E-state index in [-0.39, 0.29) is 12.5 Å². The molecule has 2 aromatic rings. The van der Waals surface area contributed by atoms with Crippen molar-refractivity contribution in [1.82, 2.24) is 4.90 Å². The maximum Gasteiger partial charge on any atom is 0.331 e. The Morgan fingerprint density at radius 3 is 2.52 bits per heavy atom. The second-order valence-electron chi connectivity index (χ2n) is 5.92. The van der Waals surface area contributed by atoms with Crippen LogP contribution < -0.4 is 4.74 Å². The van der Waals surface area contributed by atoms with Gasteiger partial charge in [0.05, 0.1) is 13.2 Å². The van der Waals surface area contributed by atoms with Crippen molar-refractivity contribution in [3.63, 3.8) is 0 Å². The molecule has 0 N–H and O–H groups in total.